The van der Waals surface area contributed by atoms with Crippen molar-refractivity contribution < 1.29 is 17.4 Å². The van der Waals surface area contributed by atoms with Gasteiger partial charge in [-0.15, -0.1) is 11.3 Å². The van der Waals surface area contributed by atoms with Crippen molar-refractivity contribution in [3.63, 3.8) is 0 Å². The number of nitrogens with one attached hydrogen (secondary N) is 1. The van der Waals surface area contributed by atoms with Crippen LogP contribution in [0.3, 0.4) is 0 Å². The molecule has 1 heterocycles. The Kier molecular flexibility index (Phi) is 4.05. The molecule has 20 heavy (non-hydrogen) atoms. The third-order valence-electron chi connectivity index (χ3n) is 2.19. The van der Waals surface area contributed by atoms with E-state index in [4.69, 9.17) is 4.18 Å². The molecule has 0 aliphatic rings. The molecule has 0 unspecified atom stereocenters. The third-order valence-corrected chi connectivity index (χ3v) is 3.43. The summed E-state index contributed by atoms with van der Waals surface area (Å²) in [6.07, 6.45) is 0.980. The maximum atomic E-state index is 11.2. The van der Waals surface area contributed by atoms with Crippen LogP contribution in [-0.4, -0.2) is 25.6 Å². The second-order valence-electron chi connectivity index (χ2n) is 4.00. The lowest BCUT2D eigenvalue weighted by atomic mass is 10.1. The highest BCUT2D eigenvalue weighted by Gasteiger charge is 2.13. The van der Waals surface area contributed by atoms with Gasteiger partial charge in [-0.2, -0.15) is 8.42 Å². The molecule has 1 N–H and O–H groups in total. The first-order valence-electron chi connectivity index (χ1n) is 5.57. The van der Waals surface area contributed by atoms with Crippen LogP contribution < -0.4 is 9.50 Å². The minimum absolute atomic E-state index is 0.203. The zero-order chi connectivity index (χ0) is 14.8. The number of benzene rings is 1. The summed E-state index contributed by atoms with van der Waals surface area (Å²) >= 11 is 1.25. The van der Waals surface area contributed by atoms with E-state index in [0.717, 1.165) is 6.26 Å². The number of thiazole rings is 1. The largest absolute Gasteiger partial charge is 0.382 e. The number of hydrogen-bond acceptors (Lipinski definition) is 6. The van der Waals surface area contributed by atoms with E-state index >= 15 is 0 Å². The Morgan fingerprint density at radius 2 is 2.05 bits per heavy atom. The predicted octanol–water partition coefficient (Wildman–Crippen LogP) is 2.11. The van der Waals surface area contributed by atoms with Gasteiger partial charge in [0, 0.05) is 17.9 Å². The SMILES string of the molecule is CC(=O)Nc1nc(-c2ccccc2OS(C)(=O)=O)cs1. The van der Waals surface area contributed by atoms with Gasteiger partial charge in [-0.1, -0.05) is 12.1 Å². The number of carbonyl (C=O) groups is 1. The van der Waals surface area contributed by atoms with E-state index < -0.39 is 10.1 Å². The molecular weight excluding hydrogens is 300 g/mol. The number of nitrogens with zero attached hydrogens (tertiary/aromatic N) is 1. The third kappa shape index (κ3) is 3.78. The van der Waals surface area contributed by atoms with Crippen LogP contribution >= 0.6 is 11.3 Å². The molecule has 8 heteroatoms. The Morgan fingerprint density at radius 1 is 1.35 bits per heavy atom. The molecule has 1 aromatic carbocycles. The van der Waals surface area contributed by atoms with Gasteiger partial charge in [0.25, 0.3) is 0 Å². The van der Waals surface area contributed by atoms with Crippen molar-refractivity contribution in [1.82, 2.24) is 4.98 Å². The van der Waals surface area contributed by atoms with Gasteiger partial charge in [-0.05, 0) is 12.1 Å². The van der Waals surface area contributed by atoms with Crippen LogP contribution in [0.5, 0.6) is 5.75 Å². The molecule has 0 spiro atoms. The molecule has 6 nitrogen and oxygen atoms in total. The first-order chi connectivity index (χ1) is 9.35. The lowest BCUT2D eigenvalue weighted by Gasteiger charge is -2.07. The lowest BCUT2D eigenvalue weighted by Crippen LogP contribution is -2.07. The van der Waals surface area contributed by atoms with Crippen LogP contribution in [0.1, 0.15) is 6.92 Å². The molecule has 0 atom stereocenters. The van der Waals surface area contributed by atoms with Crippen LogP contribution in [0.4, 0.5) is 5.13 Å². The summed E-state index contributed by atoms with van der Waals surface area (Å²) in [5.41, 5.74) is 1.09. The molecule has 0 fully saturated rings. The van der Waals surface area contributed by atoms with Crippen molar-refractivity contribution in [2.24, 2.45) is 0 Å². The molecule has 0 saturated heterocycles. The lowest BCUT2D eigenvalue weighted by molar-refractivity contribution is -0.114. The molecule has 0 saturated carbocycles. The maximum Gasteiger partial charge on any atom is 0.306 e. The maximum absolute atomic E-state index is 11.2. The van der Waals surface area contributed by atoms with Gasteiger partial charge in [0.15, 0.2) is 10.9 Å². The van der Waals surface area contributed by atoms with Gasteiger partial charge in [-0.25, -0.2) is 4.98 Å². The molecule has 0 aliphatic carbocycles. The van der Waals surface area contributed by atoms with Crippen LogP contribution in [0.25, 0.3) is 11.3 Å². The van der Waals surface area contributed by atoms with E-state index in [1.165, 1.54) is 18.3 Å². The van der Waals surface area contributed by atoms with Crippen molar-refractivity contribution in [2.75, 3.05) is 11.6 Å². The van der Waals surface area contributed by atoms with E-state index in [9.17, 15) is 13.2 Å². The zero-order valence-corrected chi connectivity index (χ0v) is 12.4. The summed E-state index contributed by atoms with van der Waals surface area (Å²) in [7, 11) is -3.61. The number of aromatic nitrogens is 1. The highest BCUT2D eigenvalue weighted by molar-refractivity contribution is 7.86. The average molecular weight is 312 g/mol. The van der Waals surface area contributed by atoms with Gasteiger partial charge >= 0.3 is 10.1 Å². The normalized spacial score (nSPS) is 11.1. The quantitative estimate of drug-likeness (QED) is 0.874. The van der Waals surface area contributed by atoms with Gasteiger partial charge < -0.3 is 9.50 Å². The summed E-state index contributed by atoms with van der Waals surface area (Å²) in [5, 5.41) is 4.74. The molecule has 1 aromatic heterocycles. The molecular formula is C12H12N2O4S2. The minimum atomic E-state index is -3.61. The smallest absolute Gasteiger partial charge is 0.306 e. The Labute approximate surface area is 120 Å². The number of hydrogen-bond donors (Lipinski definition) is 1. The molecule has 106 valence electrons. The fourth-order valence-electron chi connectivity index (χ4n) is 1.52. The second kappa shape index (κ2) is 5.59. The standard InChI is InChI=1S/C12H12N2O4S2/c1-8(15)13-12-14-10(7-19-12)9-5-3-4-6-11(9)18-20(2,16)17/h3-7H,1-2H3,(H,13,14,15). The van der Waals surface area contributed by atoms with Crippen molar-refractivity contribution in [2.45, 2.75) is 6.92 Å². The predicted molar refractivity (Wildman–Crippen MR) is 77.3 cm³/mol. The molecule has 2 aromatic rings. The number of rotatable bonds is 4. The van der Waals surface area contributed by atoms with E-state index in [1.54, 1.807) is 29.6 Å². The van der Waals surface area contributed by atoms with Crippen molar-refractivity contribution >= 4 is 32.5 Å². The summed E-state index contributed by atoms with van der Waals surface area (Å²) < 4.78 is 27.4. The summed E-state index contributed by atoms with van der Waals surface area (Å²) in [5.74, 6) is -0.0127. The fraction of sp³-hybridized carbons (Fsp3) is 0.167. The van der Waals surface area contributed by atoms with E-state index in [0.29, 0.717) is 16.4 Å². The molecule has 2 rings (SSSR count). The fourth-order valence-corrected chi connectivity index (χ4v) is 2.75. The number of amides is 1. The molecule has 1 amide bonds. The number of para-hydroxylation sites is 1. The average Bonchev–Trinajstić information content (AvgIpc) is 2.75. The van der Waals surface area contributed by atoms with Crippen LogP contribution in [-0.2, 0) is 14.9 Å². The van der Waals surface area contributed by atoms with Gasteiger partial charge in [0.05, 0.1) is 11.9 Å². The summed E-state index contributed by atoms with van der Waals surface area (Å²) in [4.78, 5) is 15.2. The molecule has 0 aliphatic heterocycles. The van der Waals surface area contributed by atoms with Gasteiger partial charge in [0.2, 0.25) is 5.91 Å². The van der Waals surface area contributed by atoms with Crippen molar-refractivity contribution in [3.8, 4) is 17.0 Å². The Hall–Kier alpha value is -1.93. The van der Waals surface area contributed by atoms with Crippen molar-refractivity contribution in [3.05, 3.63) is 29.6 Å². The number of carbonyl (C=O) groups excluding carboxylic acids is 1. The molecule has 0 radical (unpaired) electrons. The zero-order valence-electron chi connectivity index (χ0n) is 10.8. The van der Waals surface area contributed by atoms with E-state index in [-0.39, 0.29) is 11.7 Å². The highest BCUT2D eigenvalue weighted by Crippen LogP contribution is 2.32. The van der Waals surface area contributed by atoms with Crippen molar-refractivity contribution in [1.29, 1.82) is 0 Å². The Bertz CT molecular complexity index is 737. The van der Waals surface area contributed by atoms with Crippen LogP contribution in [0.2, 0.25) is 0 Å². The Balaban J connectivity index is 2.37. The number of anilines is 1. The second-order valence-corrected chi connectivity index (χ2v) is 6.44. The van der Waals surface area contributed by atoms with Gasteiger partial charge in [-0.3, -0.25) is 4.79 Å². The summed E-state index contributed by atoms with van der Waals surface area (Å²) in [6.45, 7) is 1.39. The Morgan fingerprint density at radius 3 is 2.70 bits per heavy atom. The van der Waals surface area contributed by atoms with Crippen LogP contribution in [0.15, 0.2) is 29.6 Å². The first-order valence-corrected chi connectivity index (χ1v) is 8.27. The minimum Gasteiger partial charge on any atom is -0.382 e. The summed E-state index contributed by atoms with van der Waals surface area (Å²) in [6, 6.07) is 6.67. The first kappa shape index (κ1) is 14.5. The van der Waals surface area contributed by atoms with Crippen LogP contribution in [0, 0.1) is 0 Å². The topological polar surface area (TPSA) is 85.4 Å². The highest BCUT2D eigenvalue weighted by atomic mass is 32.2. The van der Waals surface area contributed by atoms with Gasteiger partial charge in [0.1, 0.15) is 0 Å². The monoisotopic (exact) mass is 312 g/mol. The molecule has 0 bridgehead atoms. The van der Waals surface area contributed by atoms with E-state index in [1.807, 2.05) is 0 Å². The van der Waals surface area contributed by atoms with E-state index in [2.05, 4.69) is 10.3 Å².